The lowest BCUT2D eigenvalue weighted by Crippen LogP contribution is -2.11. The van der Waals surface area contributed by atoms with Crippen molar-refractivity contribution in [3.63, 3.8) is 0 Å². The van der Waals surface area contributed by atoms with E-state index in [1.165, 1.54) is 22.3 Å². The molecule has 10 aromatic rings. The highest BCUT2D eigenvalue weighted by Gasteiger charge is 2.21. The summed E-state index contributed by atoms with van der Waals surface area (Å²) < 4.78 is 7.62. The van der Waals surface area contributed by atoms with Gasteiger partial charge >= 0.3 is 0 Å². The fourth-order valence-corrected chi connectivity index (χ4v) is 8.45. The molecular formula is C49H32N2OS. The van der Waals surface area contributed by atoms with Gasteiger partial charge in [0.1, 0.15) is 16.2 Å². The van der Waals surface area contributed by atoms with Gasteiger partial charge in [0.05, 0.1) is 15.9 Å². The first-order valence-electron chi connectivity index (χ1n) is 17.8. The molecule has 4 heteroatoms. The number of furan rings is 1. The van der Waals surface area contributed by atoms with Crippen LogP contribution in [0.15, 0.2) is 199 Å². The molecular weight excluding hydrogens is 665 g/mol. The van der Waals surface area contributed by atoms with E-state index in [1.54, 1.807) is 11.3 Å². The van der Waals surface area contributed by atoms with Crippen LogP contribution in [0.1, 0.15) is 0 Å². The number of nitrogens with zero attached hydrogens (tertiary/aromatic N) is 2. The molecule has 0 N–H and O–H groups in total. The van der Waals surface area contributed by atoms with Gasteiger partial charge in [0.2, 0.25) is 0 Å². The lowest BCUT2D eigenvalue weighted by Gasteiger charge is -2.28. The predicted octanol–water partition coefficient (Wildman–Crippen LogP) is 14.3. The molecule has 0 saturated carbocycles. The summed E-state index contributed by atoms with van der Waals surface area (Å²) in [5.74, 6) is 0. The molecule has 2 aromatic heterocycles. The molecule has 0 aliphatic rings. The Morgan fingerprint density at radius 1 is 0.434 bits per heavy atom. The second-order valence-corrected chi connectivity index (χ2v) is 14.2. The molecule has 10 rings (SSSR count). The van der Waals surface area contributed by atoms with E-state index in [4.69, 9.17) is 9.40 Å². The van der Waals surface area contributed by atoms with Crippen LogP contribution in [-0.4, -0.2) is 4.98 Å². The molecule has 3 nitrogen and oxygen atoms in total. The van der Waals surface area contributed by atoms with E-state index in [9.17, 15) is 0 Å². The third kappa shape index (κ3) is 5.66. The zero-order valence-corrected chi connectivity index (χ0v) is 29.5. The van der Waals surface area contributed by atoms with E-state index < -0.39 is 0 Å². The minimum absolute atomic E-state index is 0.857. The first kappa shape index (κ1) is 31.0. The molecule has 0 atom stereocenters. The quantitative estimate of drug-likeness (QED) is 0.166. The first-order chi connectivity index (χ1) is 26.3. The maximum absolute atomic E-state index is 6.49. The lowest BCUT2D eigenvalue weighted by molar-refractivity contribution is 0.669. The van der Waals surface area contributed by atoms with Gasteiger partial charge in [-0.05, 0) is 76.3 Å². The fourth-order valence-electron chi connectivity index (χ4n) is 7.32. The van der Waals surface area contributed by atoms with Crippen LogP contribution in [0, 0.1) is 0 Å². The van der Waals surface area contributed by atoms with Crippen LogP contribution >= 0.6 is 11.3 Å². The highest BCUT2D eigenvalue weighted by Crippen LogP contribution is 2.45. The van der Waals surface area contributed by atoms with Gasteiger partial charge in [-0.3, -0.25) is 0 Å². The third-order valence-corrected chi connectivity index (χ3v) is 11.1. The van der Waals surface area contributed by atoms with Gasteiger partial charge in [-0.2, -0.15) is 0 Å². The summed E-state index contributed by atoms with van der Waals surface area (Å²) in [6, 6.07) is 68.6. The molecule has 0 amide bonds. The molecule has 0 unspecified atom stereocenters. The van der Waals surface area contributed by atoms with Crippen molar-refractivity contribution in [2.75, 3.05) is 4.90 Å². The van der Waals surface area contributed by atoms with Gasteiger partial charge in [0.25, 0.3) is 0 Å². The Morgan fingerprint density at radius 3 is 1.64 bits per heavy atom. The molecule has 53 heavy (non-hydrogen) atoms. The molecule has 0 bridgehead atoms. The zero-order chi connectivity index (χ0) is 35.1. The number of benzene rings is 8. The van der Waals surface area contributed by atoms with Crippen LogP contribution in [0.5, 0.6) is 0 Å². The topological polar surface area (TPSA) is 29.3 Å². The van der Waals surface area contributed by atoms with Crippen LogP contribution in [0.4, 0.5) is 17.1 Å². The first-order valence-corrected chi connectivity index (χ1v) is 18.6. The standard InChI is InChI=1S/C49H32N2OS/c1-4-12-33(13-5-1)35-20-22-37(23-21-35)41-18-10-11-19-44(41)51(39-26-24-36(25-27-39)34-14-6-2-7-15-34)40-28-30-45-42(32-40)47-46(52-45)31-29-43-48(47)53-49(50-43)38-16-8-3-9-17-38/h1-32H. The summed E-state index contributed by atoms with van der Waals surface area (Å²) in [6.45, 7) is 0. The van der Waals surface area contributed by atoms with Crippen molar-refractivity contribution in [1.82, 2.24) is 4.98 Å². The Bertz CT molecular complexity index is 2860. The molecule has 0 spiro atoms. The smallest absolute Gasteiger partial charge is 0.137 e. The number of hydrogen-bond acceptors (Lipinski definition) is 4. The van der Waals surface area contributed by atoms with Crippen molar-refractivity contribution in [1.29, 1.82) is 0 Å². The van der Waals surface area contributed by atoms with Gasteiger partial charge in [-0.15, -0.1) is 11.3 Å². The highest BCUT2D eigenvalue weighted by molar-refractivity contribution is 7.22. The zero-order valence-electron chi connectivity index (χ0n) is 28.7. The van der Waals surface area contributed by atoms with Gasteiger partial charge in [0.15, 0.2) is 0 Å². The van der Waals surface area contributed by atoms with Crippen molar-refractivity contribution in [2.24, 2.45) is 0 Å². The van der Waals surface area contributed by atoms with Crippen molar-refractivity contribution in [3.05, 3.63) is 194 Å². The molecule has 0 aliphatic carbocycles. The number of thiazole rings is 1. The maximum atomic E-state index is 6.49. The van der Waals surface area contributed by atoms with E-state index in [1.807, 2.05) is 6.07 Å². The monoisotopic (exact) mass is 696 g/mol. The van der Waals surface area contributed by atoms with Crippen molar-refractivity contribution < 1.29 is 4.42 Å². The van der Waals surface area contributed by atoms with Gasteiger partial charge in [-0.25, -0.2) is 4.98 Å². The molecule has 2 heterocycles. The molecule has 0 radical (unpaired) electrons. The van der Waals surface area contributed by atoms with Crippen LogP contribution in [0.3, 0.4) is 0 Å². The van der Waals surface area contributed by atoms with Crippen molar-refractivity contribution in [2.45, 2.75) is 0 Å². The average molecular weight is 697 g/mol. The summed E-state index contributed by atoms with van der Waals surface area (Å²) in [5, 5.41) is 3.18. The normalized spacial score (nSPS) is 11.4. The second-order valence-electron chi connectivity index (χ2n) is 13.2. The highest BCUT2D eigenvalue weighted by atomic mass is 32.1. The number of aromatic nitrogens is 1. The Hall–Kier alpha value is -6.75. The number of hydrogen-bond donors (Lipinski definition) is 0. The SMILES string of the molecule is c1ccc(-c2ccc(-c3ccccc3N(c3ccc(-c4ccccc4)cc3)c3ccc4oc5ccc6nc(-c7ccccc7)sc6c5c4c3)cc2)cc1. The van der Waals surface area contributed by atoms with Crippen LogP contribution in [0.2, 0.25) is 0 Å². The largest absolute Gasteiger partial charge is 0.456 e. The fraction of sp³-hybridized carbons (Fsp3) is 0. The Balaban J connectivity index is 1.15. The van der Waals surface area contributed by atoms with Gasteiger partial charge in [0, 0.05) is 33.3 Å². The van der Waals surface area contributed by atoms with E-state index in [2.05, 4.69) is 193 Å². The average Bonchev–Trinajstić information content (AvgIpc) is 3.84. The van der Waals surface area contributed by atoms with Crippen LogP contribution in [0.25, 0.3) is 76.1 Å². The Morgan fingerprint density at radius 2 is 0.962 bits per heavy atom. The summed E-state index contributed by atoms with van der Waals surface area (Å²) in [6.07, 6.45) is 0. The molecule has 8 aromatic carbocycles. The lowest BCUT2D eigenvalue weighted by atomic mass is 9.98. The maximum Gasteiger partial charge on any atom is 0.137 e. The second kappa shape index (κ2) is 13.1. The van der Waals surface area contributed by atoms with Crippen molar-refractivity contribution >= 4 is 60.6 Å². The number of rotatable bonds is 7. The molecule has 0 aliphatic heterocycles. The Kier molecular flexibility index (Phi) is 7.67. The van der Waals surface area contributed by atoms with Gasteiger partial charge < -0.3 is 9.32 Å². The minimum Gasteiger partial charge on any atom is -0.456 e. The summed E-state index contributed by atoms with van der Waals surface area (Å²) in [4.78, 5) is 7.41. The van der Waals surface area contributed by atoms with E-state index >= 15 is 0 Å². The van der Waals surface area contributed by atoms with E-state index in [0.717, 1.165) is 70.9 Å². The summed E-state index contributed by atoms with van der Waals surface area (Å²) in [7, 11) is 0. The van der Waals surface area contributed by atoms with Gasteiger partial charge in [-0.1, -0.05) is 146 Å². The summed E-state index contributed by atoms with van der Waals surface area (Å²) in [5.41, 5.74) is 14.1. The third-order valence-electron chi connectivity index (χ3n) is 9.93. The number of anilines is 3. The van der Waals surface area contributed by atoms with Crippen LogP contribution in [-0.2, 0) is 0 Å². The summed E-state index contributed by atoms with van der Waals surface area (Å²) >= 11 is 1.72. The minimum atomic E-state index is 0.857. The molecule has 0 fully saturated rings. The molecule has 0 saturated heterocycles. The predicted molar refractivity (Wildman–Crippen MR) is 223 cm³/mol. The number of para-hydroxylation sites is 1. The Labute approximate surface area is 311 Å². The molecule has 250 valence electrons. The van der Waals surface area contributed by atoms with E-state index in [0.29, 0.717) is 0 Å². The van der Waals surface area contributed by atoms with E-state index in [-0.39, 0.29) is 0 Å². The number of fused-ring (bicyclic) bond motifs is 5. The van der Waals surface area contributed by atoms with Crippen LogP contribution < -0.4 is 4.90 Å². The van der Waals surface area contributed by atoms with Crippen molar-refractivity contribution in [3.8, 4) is 44.0 Å².